The Bertz CT molecular complexity index is 611. The number of hydrogen-bond donors (Lipinski definition) is 1. The molecule has 1 aromatic carbocycles. The lowest BCUT2D eigenvalue weighted by atomic mass is 10.2. The summed E-state index contributed by atoms with van der Waals surface area (Å²) in [7, 11) is 0. The third-order valence-corrected chi connectivity index (χ3v) is 3.32. The smallest absolute Gasteiger partial charge is 0.333 e. The molecule has 7 heteroatoms. The van der Waals surface area contributed by atoms with E-state index in [1.165, 1.54) is 0 Å². The Hall–Kier alpha value is -2.64. The van der Waals surface area contributed by atoms with E-state index >= 15 is 0 Å². The van der Waals surface area contributed by atoms with Crippen molar-refractivity contribution >= 4 is 11.9 Å². The predicted octanol–water partition coefficient (Wildman–Crippen LogP) is 3.65. The zero-order valence-electron chi connectivity index (χ0n) is 17.4. The second-order valence-electron chi connectivity index (χ2n) is 5.90. The molecular formula is C22H32O7. The molecule has 1 aromatic rings. The van der Waals surface area contributed by atoms with Gasteiger partial charge in [0.2, 0.25) is 0 Å². The molecule has 0 unspecified atom stereocenters. The van der Waals surface area contributed by atoms with Gasteiger partial charge in [0.15, 0.2) is 0 Å². The highest BCUT2D eigenvalue weighted by Gasteiger charge is 2.03. The maximum absolute atomic E-state index is 10.9. The van der Waals surface area contributed by atoms with Crippen LogP contribution in [0.5, 0.6) is 5.75 Å². The number of para-hydroxylation sites is 1. The minimum absolute atomic E-state index is 0.228. The number of carbonyl (C=O) groups excluding carboxylic acids is 1. The summed E-state index contributed by atoms with van der Waals surface area (Å²) in [6.07, 6.45) is 1.13. The van der Waals surface area contributed by atoms with Gasteiger partial charge in [0.25, 0.3) is 0 Å². The van der Waals surface area contributed by atoms with Crippen molar-refractivity contribution in [2.75, 3.05) is 39.6 Å². The zero-order chi connectivity index (χ0) is 21.9. The number of esters is 1. The molecule has 162 valence electrons. The fraction of sp³-hybridized carbons (Fsp3) is 0.455. The molecule has 0 heterocycles. The molecule has 0 atom stereocenters. The quantitative estimate of drug-likeness (QED) is 0.285. The van der Waals surface area contributed by atoms with Crippen LogP contribution in [0.4, 0.5) is 0 Å². The van der Waals surface area contributed by atoms with Gasteiger partial charge >= 0.3 is 11.9 Å². The molecule has 0 bridgehead atoms. The predicted molar refractivity (Wildman–Crippen MR) is 111 cm³/mol. The first kappa shape index (κ1) is 26.4. The number of benzene rings is 1. The molecule has 0 aliphatic heterocycles. The van der Waals surface area contributed by atoms with Gasteiger partial charge < -0.3 is 24.1 Å². The summed E-state index contributed by atoms with van der Waals surface area (Å²) >= 11 is 0. The highest BCUT2D eigenvalue weighted by atomic mass is 16.6. The van der Waals surface area contributed by atoms with Crippen LogP contribution in [-0.4, -0.2) is 56.7 Å². The summed E-state index contributed by atoms with van der Waals surface area (Å²) < 4.78 is 20.4. The van der Waals surface area contributed by atoms with Crippen molar-refractivity contribution in [2.24, 2.45) is 0 Å². The normalized spacial score (nSPS) is 9.72. The number of hydrogen-bond acceptors (Lipinski definition) is 6. The third kappa shape index (κ3) is 16.1. The van der Waals surface area contributed by atoms with Crippen molar-refractivity contribution < 1.29 is 33.6 Å². The van der Waals surface area contributed by atoms with Crippen molar-refractivity contribution in [3.05, 3.63) is 54.6 Å². The minimum atomic E-state index is -0.935. The van der Waals surface area contributed by atoms with Gasteiger partial charge in [-0.15, -0.1) is 0 Å². The van der Waals surface area contributed by atoms with Crippen molar-refractivity contribution in [1.82, 2.24) is 0 Å². The van der Waals surface area contributed by atoms with Crippen molar-refractivity contribution in [3.8, 4) is 5.75 Å². The Balaban J connectivity index is 0.000000543. The van der Waals surface area contributed by atoms with Crippen LogP contribution >= 0.6 is 0 Å². The van der Waals surface area contributed by atoms with Crippen LogP contribution in [0.15, 0.2) is 54.6 Å². The molecule has 0 fully saturated rings. The Labute approximate surface area is 172 Å². The van der Waals surface area contributed by atoms with Crippen LogP contribution in [0.2, 0.25) is 0 Å². The van der Waals surface area contributed by atoms with Crippen LogP contribution in [0.3, 0.4) is 0 Å². The average molecular weight is 408 g/mol. The molecule has 0 saturated carbocycles. The van der Waals surface area contributed by atoms with Gasteiger partial charge in [0.05, 0.1) is 26.4 Å². The van der Waals surface area contributed by atoms with E-state index < -0.39 is 5.97 Å². The van der Waals surface area contributed by atoms with Gasteiger partial charge in [-0.05, 0) is 38.8 Å². The molecule has 29 heavy (non-hydrogen) atoms. The maximum atomic E-state index is 10.9. The van der Waals surface area contributed by atoms with Gasteiger partial charge in [-0.2, -0.15) is 0 Å². The Kier molecular flexibility index (Phi) is 15.9. The fourth-order valence-corrected chi connectivity index (χ4v) is 1.78. The van der Waals surface area contributed by atoms with Crippen molar-refractivity contribution in [3.63, 3.8) is 0 Å². The van der Waals surface area contributed by atoms with E-state index in [2.05, 4.69) is 13.2 Å². The number of aliphatic carboxylic acids is 1. The lowest BCUT2D eigenvalue weighted by Gasteiger charge is -2.05. The summed E-state index contributed by atoms with van der Waals surface area (Å²) in [6, 6.07) is 9.44. The molecule has 0 saturated heterocycles. The SMILES string of the molecule is C=C(C)C(=O)OCCOCCOCC.C=C(CCCOc1ccccc1)C(=O)O. The van der Waals surface area contributed by atoms with E-state index in [0.29, 0.717) is 51.4 Å². The highest BCUT2D eigenvalue weighted by Crippen LogP contribution is 2.10. The summed E-state index contributed by atoms with van der Waals surface area (Å²) in [4.78, 5) is 21.3. The van der Waals surface area contributed by atoms with E-state index in [1.807, 2.05) is 37.3 Å². The lowest BCUT2D eigenvalue weighted by Crippen LogP contribution is -2.13. The lowest BCUT2D eigenvalue weighted by molar-refractivity contribution is -0.140. The second-order valence-corrected chi connectivity index (χ2v) is 5.90. The zero-order valence-corrected chi connectivity index (χ0v) is 17.4. The fourth-order valence-electron chi connectivity index (χ4n) is 1.78. The van der Waals surface area contributed by atoms with E-state index in [4.69, 9.17) is 24.1 Å². The van der Waals surface area contributed by atoms with Gasteiger partial charge in [-0.3, -0.25) is 0 Å². The first-order valence-electron chi connectivity index (χ1n) is 9.45. The Morgan fingerprint density at radius 3 is 2.17 bits per heavy atom. The van der Waals surface area contributed by atoms with Crippen LogP contribution in [0.1, 0.15) is 26.7 Å². The summed E-state index contributed by atoms with van der Waals surface area (Å²) in [5, 5.41) is 8.56. The van der Waals surface area contributed by atoms with E-state index in [1.54, 1.807) is 6.92 Å². The standard InChI is InChI=1S/C12H14O3.C10H18O4/c1-10(12(13)14)6-5-9-15-11-7-3-2-4-8-11;1-4-12-5-6-13-7-8-14-10(11)9(2)3/h2-4,7-8H,1,5-6,9H2,(H,13,14);2,4-8H2,1,3H3. The molecule has 0 aliphatic carbocycles. The van der Waals surface area contributed by atoms with E-state index in [0.717, 1.165) is 5.75 Å². The summed E-state index contributed by atoms with van der Waals surface area (Å²) in [5.41, 5.74) is 0.631. The number of rotatable bonds is 14. The summed E-state index contributed by atoms with van der Waals surface area (Å²) in [5.74, 6) is -0.508. The molecule has 0 aliphatic rings. The van der Waals surface area contributed by atoms with Crippen LogP contribution in [-0.2, 0) is 23.8 Å². The molecule has 0 aromatic heterocycles. The van der Waals surface area contributed by atoms with Gasteiger partial charge in [-0.25, -0.2) is 9.59 Å². The van der Waals surface area contributed by atoms with Gasteiger partial charge in [0, 0.05) is 17.8 Å². The first-order chi connectivity index (χ1) is 13.9. The Morgan fingerprint density at radius 1 is 0.966 bits per heavy atom. The molecular weight excluding hydrogens is 376 g/mol. The Morgan fingerprint density at radius 2 is 1.59 bits per heavy atom. The number of carboxylic acids is 1. The molecule has 0 radical (unpaired) electrons. The van der Waals surface area contributed by atoms with Crippen LogP contribution in [0.25, 0.3) is 0 Å². The second kappa shape index (κ2) is 17.5. The topological polar surface area (TPSA) is 91.3 Å². The number of carboxylic acid groups (broad SMARTS) is 1. The number of ether oxygens (including phenoxy) is 4. The van der Waals surface area contributed by atoms with Crippen molar-refractivity contribution in [2.45, 2.75) is 26.7 Å². The maximum Gasteiger partial charge on any atom is 0.333 e. The number of carbonyl (C=O) groups is 2. The van der Waals surface area contributed by atoms with Crippen LogP contribution < -0.4 is 4.74 Å². The van der Waals surface area contributed by atoms with Crippen LogP contribution in [0, 0.1) is 0 Å². The van der Waals surface area contributed by atoms with E-state index in [-0.39, 0.29) is 18.1 Å². The first-order valence-corrected chi connectivity index (χ1v) is 9.45. The third-order valence-electron chi connectivity index (χ3n) is 3.32. The van der Waals surface area contributed by atoms with E-state index in [9.17, 15) is 9.59 Å². The highest BCUT2D eigenvalue weighted by molar-refractivity contribution is 5.86. The molecule has 0 spiro atoms. The molecule has 0 amide bonds. The largest absolute Gasteiger partial charge is 0.494 e. The molecule has 1 N–H and O–H groups in total. The molecule has 1 rings (SSSR count). The minimum Gasteiger partial charge on any atom is -0.494 e. The van der Waals surface area contributed by atoms with Gasteiger partial charge in [-0.1, -0.05) is 31.4 Å². The molecule has 7 nitrogen and oxygen atoms in total. The van der Waals surface area contributed by atoms with Crippen molar-refractivity contribution in [1.29, 1.82) is 0 Å². The average Bonchev–Trinajstić information content (AvgIpc) is 2.71. The summed E-state index contributed by atoms with van der Waals surface area (Å²) in [6.45, 7) is 13.4. The van der Waals surface area contributed by atoms with Gasteiger partial charge in [0.1, 0.15) is 12.4 Å². The monoisotopic (exact) mass is 408 g/mol.